The summed E-state index contributed by atoms with van der Waals surface area (Å²) in [4.78, 5) is 27.8. The molecule has 5 nitrogen and oxygen atoms in total. The Morgan fingerprint density at radius 3 is 3.06 bits per heavy atom. The molecule has 0 saturated carbocycles. The lowest BCUT2D eigenvalue weighted by molar-refractivity contribution is -0.146. The summed E-state index contributed by atoms with van der Waals surface area (Å²) < 4.78 is 0. The standard InChI is InChI=1S/C11H12N2O3/c14-10-4-3-9(11(15)16)13(10)7-8-2-1-5-12-6-8/h1-2,5-6,9H,3-4,7H2,(H,15,16). The van der Waals surface area contributed by atoms with Crippen LogP contribution in [0.25, 0.3) is 0 Å². The van der Waals surface area contributed by atoms with Crippen LogP contribution in [0, 0.1) is 0 Å². The molecule has 1 saturated heterocycles. The fourth-order valence-corrected chi connectivity index (χ4v) is 1.88. The van der Waals surface area contributed by atoms with E-state index in [-0.39, 0.29) is 5.91 Å². The number of hydrogen-bond acceptors (Lipinski definition) is 3. The van der Waals surface area contributed by atoms with Gasteiger partial charge < -0.3 is 10.0 Å². The van der Waals surface area contributed by atoms with E-state index in [0.717, 1.165) is 5.56 Å². The monoisotopic (exact) mass is 220 g/mol. The van der Waals surface area contributed by atoms with Gasteiger partial charge in [-0.15, -0.1) is 0 Å². The Kier molecular flexibility index (Phi) is 2.85. The van der Waals surface area contributed by atoms with Gasteiger partial charge in [0.1, 0.15) is 6.04 Å². The summed E-state index contributed by atoms with van der Waals surface area (Å²) in [6.45, 7) is 0.323. The number of carbonyl (C=O) groups is 2. The number of amides is 1. The van der Waals surface area contributed by atoms with Crippen LogP contribution >= 0.6 is 0 Å². The number of carbonyl (C=O) groups excluding carboxylic acids is 1. The van der Waals surface area contributed by atoms with Crippen LogP contribution < -0.4 is 0 Å². The third-order valence-electron chi connectivity index (χ3n) is 2.69. The van der Waals surface area contributed by atoms with Crippen molar-refractivity contribution in [2.75, 3.05) is 0 Å². The fourth-order valence-electron chi connectivity index (χ4n) is 1.88. The predicted octanol–water partition coefficient (Wildman–Crippen LogP) is 0.657. The van der Waals surface area contributed by atoms with Gasteiger partial charge >= 0.3 is 5.97 Å². The van der Waals surface area contributed by atoms with Crippen molar-refractivity contribution in [1.29, 1.82) is 0 Å². The molecule has 5 heteroatoms. The quantitative estimate of drug-likeness (QED) is 0.812. The van der Waals surface area contributed by atoms with Crippen molar-refractivity contribution in [3.8, 4) is 0 Å². The molecule has 84 valence electrons. The third-order valence-corrected chi connectivity index (χ3v) is 2.69. The molecule has 0 aromatic carbocycles. The fraction of sp³-hybridized carbons (Fsp3) is 0.364. The Bertz CT molecular complexity index is 405. The summed E-state index contributed by atoms with van der Waals surface area (Å²) in [6.07, 6.45) is 4.00. The van der Waals surface area contributed by atoms with Gasteiger partial charge in [-0.25, -0.2) is 4.79 Å². The van der Waals surface area contributed by atoms with E-state index in [4.69, 9.17) is 5.11 Å². The normalized spacial score (nSPS) is 20.1. The number of rotatable bonds is 3. The van der Waals surface area contributed by atoms with Gasteiger partial charge in [-0.1, -0.05) is 6.07 Å². The molecule has 1 aliphatic rings. The molecular weight excluding hydrogens is 208 g/mol. The number of aromatic nitrogens is 1. The Labute approximate surface area is 92.7 Å². The highest BCUT2D eigenvalue weighted by molar-refractivity contribution is 5.87. The molecule has 1 amide bonds. The maximum absolute atomic E-state index is 11.5. The SMILES string of the molecule is O=C(O)C1CCC(=O)N1Cc1cccnc1. The van der Waals surface area contributed by atoms with Gasteiger partial charge in [0.25, 0.3) is 0 Å². The van der Waals surface area contributed by atoms with E-state index in [1.807, 2.05) is 6.07 Å². The molecule has 2 heterocycles. The van der Waals surface area contributed by atoms with E-state index in [1.54, 1.807) is 18.5 Å². The lowest BCUT2D eigenvalue weighted by Crippen LogP contribution is -2.37. The van der Waals surface area contributed by atoms with Crippen LogP contribution in [0.4, 0.5) is 0 Å². The molecule has 1 aliphatic heterocycles. The van der Waals surface area contributed by atoms with Crippen LogP contribution in [-0.4, -0.2) is 32.9 Å². The van der Waals surface area contributed by atoms with Crippen molar-refractivity contribution in [2.24, 2.45) is 0 Å². The first kappa shape index (κ1) is 10.6. The zero-order valence-corrected chi connectivity index (χ0v) is 8.67. The van der Waals surface area contributed by atoms with Gasteiger partial charge in [-0.2, -0.15) is 0 Å². The summed E-state index contributed by atoms with van der Waals surface area (Å²) in [7, 11) is 0. The summed E-state index contributed by atoms with van der Waals surface area (Å²) in [6, 6.07) is 2.91. The van der Waals surface area contributed by atoms with Gasteiger partial charge in [-0.05, 0) is 18.1 Å². The van der Waals surface area contributed by atoms with Crippen molar-refractivity contribution in [2.45, 2.75) is 25.4 Å². The maximum Gasteiger partial charge on any atom is 0.326 e. The number of pyridine rings is 1. The number of hydrogen-bond donors (Lipinski definition) is 1. The molecule has 1 N–H and O–H groups in total. The third kappa shape index (κ3) is 2.03. The Morgan fingerprint density at radius 1 is 1.62 bits per heavy atom. The van der Waals surface area contributed by atoms with E-state index in [2.05, 4.69) is 4.98 Å². The van der Waals surface area contributed by atoms with E-state index in [9.17, 15) is 9.59 Å². The Hall–Kier alpha value is -1.91. The largest absolute Gasteiger partial charge is 0.480 e. The molecule has 1 aromatic rings. The molecule has 0 aliphatic carbocycles. The molecule has 0 radical (unpaired) electrons. The topological polar surface area (TPSA) is 70.5 Å². The first-order valence-electron chi connectivity index (χ1n) is 5.09. The van der Waals surface area contributed by atoms with E-state index >= 15 is 0 Å². The highest BCUT2D eigenvalue weighted by atomic mass is 16.4. The van der Waals surface area contributed by atoms with Crippen molar-refractivity contribution in [1.82, 2.24) is 9.88 Å². The average Bonchev–Trinajstić information content (AvgIpc) is 2.62. The minimum atomic E-state index is -0.935. The molecular formula is C11H12N2O3. The van der Waals surface area contributed by atoms with Gasteiger partial charge in [0.15, 0.2) is 0 Å². The minimum Gasteiger partial charge on any atom is -0.480 e. The van der Waals surface area contributed by atoms with Gasteiger partial charge in [0, 0.05) is 25.4 Å². The smallest absolute Gasteiger partial charge is 0.326 e. The molecule has 1 fully saturated rings. The summed E-state index contributed by atoms with van der Waals surface area (Å²) in [5.41, 5.74) is 0.851. The van der Waals surface area contributed by atoms with Gasteiger partial charge in [0.2, 0.25) is 5.91 Å². The van der Waals surface area contributed by atoms with Gasteiger partial charge in [-0.3, -0.25) is 9.78 Å². The second-order valence-corrected chi connectivity index (χ2v) is 3.78. The van der Waals surface area contributed by atoms with Crippen LogP contribution in [0.5, 0.6) is 0 Å². The van der Waals surface area contributed by atoms with Crippen molar-refractivity contribution < 1.29 is 14.7 Å². The highest BCUT2D eigenvalue weighted by Crippen LogP contribution is 2.21. The Morgan fingerprint density at radius 2 is 2.44 bits per heavy atom. The van der Waals surface area contributed by atoms with E-state index in [0.29, 0.717) is 19.4 Å². The van der Waals surface area contributed by atoms with Crippen LogP contribution in [0.15, 0.2) is 24.5 Å². The molecule has 1 unspecified atom stereocenters. The number of aliphatic carboxylic acids is 1. The van der Waals surface area contributed by atoms with Crippen molar-refractivity contribution in [3.05, 3.63) is 30.1 Å². The lowest BCUT2D eigenvalue weighted by atomic mass is 10.2. The van der Waals surface area contributed by atoms with Gasteiger partial charge in [0.05, 0.1) is 0 Å². The summed E-state index contributed by atoms with van der Waals surface area (Å²) >= 11 is 0. The van der Waals surface area contributed by atoms with Crippen LogP contribution in [-0.2, 0) is 16.1 Å². The number of carboxylic acids is 1. The highest BCUT2D eigenvalue weighted by Gasteiger charge is 2.35. The number of carboxylic acid groups (broad SMARTS) is 1. The zero-order chi connectivity index (χ0) is 11.5. The minimum absolute atomic E-state index is 0.101. The second kappa shape index (κ2) is 4.30. The molecule has 1 aromatic heterocycles. The second-order valence-electron chi connectivity index (χ2n) is 3.78. The van der Waals surface area contributed by atoms with E-state index in [1.165, 1.54) is 4.90 Å². The molecule has 0 spiro atoms. The Balaban J connectivity index is 2.13. The van der Waals surface area contributed by atoms with Crippen LogP contribution in [0.3, 0.4) is 0 Å². The maximum atomic E-state index is 11.5. The van der Waals surface area contributed by atoms with Crippen molar-refractivity contribution >= 4 is 11.9 Å². The zero-order valence-electron chi connectivity index (χ0n) is 8.67. The first-order chi connectivity index (χ1) is 7.68. The van der Waals surface area contributed by atoms with Crippen LogP contribution in [0.1, 0.15) is 18.4 Å². The lowest BCUT2D eigenvalue weighted by Gasteiger charge is -2.21. The number of nitrogens with zero attached hydrogens (tertiary/aromatic N) is 2. The molecule has 16 heavy (non-hydrogen) atoms. The first-order valence-corrected chi connectivity index (χ1v) is 5.09. The molecule has 2 rings (SSSR count). The summed E-state index contributed by atoms with van der Waals surface area (Å²) in [5.74, 6) is -1.04. The van der Waals surface area contributed by atoms with Crippen molar-refractivity contribution in [3.63, 3.8) is 0 Å². The molecule has 1 atom stereocenters. The number of likely N-dealkylation sites (tertiary alicyclic amines) is 1. The predicted molar refractivity (Wildman–Crippen MR) is 55.4 cm³/mol. The molecule has 0 bridgehead atoms. The van der Waals surface area contributed by atoms with Crippen LogP contribution in [0.2, 0.25) is 0 Å². The van der Waals surface area contributed by atoms with E-state index < -0.39 is 12.0 Å². The average molecular weight is 220 g/mol. The summed E-state index contributed by atoms with van der Waals surface area (Å²) in [5, 5.41) is 8.97.